The minimum Gasteiger partial charge on any atom is -0.477 e. The number of nitro groups is 2. The number of carboxylic acids is 1. The highest BCUT2D eigenvalue weighted by Crippen LogP contribution is 2.37. The molecule has 1 atom stereocenters. The van der Waals surface area contributed by atoms with Crippen LogP contribution in [0.25, 0.3) is 0 Å². The van der Waals surface area contributed by atoms with E-state index in [-0.39, 0.29) is 12.2 Å². The number of benzene rings is 1. The van der Waals surface area contributed by atoms with Gasteiger partial charge in [-0.15, -0.1) is 0 Å². The summed E-state index contributed by atoms with van der Waals surface area (Å²) < 4.78 is 5.15. The van der Waals surface area contributed by atoms with E-state index in [9.17, 15) is 25.0 Å². The zero-order valence-electron chi connectivity index (χ0n) is 10.6. The molecule has 21 heavy (non-hydrogen) atoms. The van der Waals surface area contributed by atoms with Crippen LogP contribution in [0.15, 0.2) is 12.1 Å². The van der Waals surface area contributed by atoms with E-state index in [4.69, 9.17) is 9.84 Å². The summed E-state index contributed by atoms with van der Waals surface area (Å²) in [4.78, 5) is 31.7. The number of morpholine rings is 1. The van der Waals surface area contributed by atoms with Gasteiger partial charge < -0.3 is 15.2 Å². The molecule has 0 aromatic heterocycles. The van der Waals surface area contributed by atoms with E-state index in [2.05, 4.69) is 5.32 Å². The molecule has 1 aliphatic rings. The number of aromatic carboxylic acids is 1. The van der Waals surface area contributed by atoms with Crippen LogP contribution in [0.1, 0.15) is 22.0 Å². The molecule has 0 bridgehead atoms. The first-order chi connectivity index (χ1) is 9.93. The molecular formula is C11H11N3O7. The van der Waals surface area contributed by atoms with Gasteiger partial charge in [0, 0.05) is 12.6 Å². The van der Waals surface area contributed by atoms with Crippen molar-refractivity contribution >= 4 is 17.3 Å². The van der Waals surface area contributed by atoms with E-state index in [1.807, 2.05) is 0 Å². The Morgan fingerprint density at radius 3 is 2.52 bits per heavy atom. The van der Waals surface area contributed by atoms with Crippen LogP contribution in [0, 0.1) is 20.2 Å². The van der Waals surface area contributed by atoms with Crippen LogP contribution in [0.5, 0.6) is 0 Å². The molecule has 112 valence electrons. The van der Waals surface area contributed by atoms with Crippen LogP contribution >= 0.6 is 0 Å². The van der Waals surface area contributed by atoms with Crippen molar-refractivity contribution in [2.75, 3.05) is 19.8 Å². The summed E-state index contributed by atoms with van der Waals surface area (Å²) in [5.41, 5.74) is -2.15. The lowest BCUT2D eigenvalue weighted by Crippen LogP contribution is -2.35. The third kappa shape index (κ3) is 2.80. The highest BCUT2D eigenvalue weighted by atomic mass is 16.6. The lowest BCUT2D eigenvalue weighted by Gasteiger charge is -2.23. The average molecular weight is 297 g/mol. The Balaban J connectivity index is 2.71. The topological polar surface area (TPSA) is 145 Å². The van der Waals surface area contributed by atoms with Gasteiger partial charge in [0.2, 0.25) is 0 Å². The standard InChI is InChI=1S/C11H11N3O7/c15-11(16)6-1-2-8(13(17)18)9(10(6)14(19)20)7-5-21-4-3-12-7/h1-2,7,12H,3-5H2,(H,15,16). The van der Waals surface area contributed by atoms with Crippen molar-refractivity contribution in [1.29, 1.82) is 0 Å². The molecule has 1 aliphatic heterocycles. The molecule has 1 fully saturated rings. The van der Waals surface area contributed by atoms with Gasteiger partial charge in [0.25, 0.3) is 11.4 Å². The van der Waals surface area contributed by atoms with Gasteiger partial charge in [-0.3, -0.25) is 20.2 Å². The Labute approximate surface area is 117 Å². The second-order valence-corrected chi connectivity index (χ2v) is 4.30. The molecule has 2 rings (SSSR count). The fourth-order valence-electron chi connectivity index (χ4n) is 2.22. The SMILES string of the molecule is O=C(O)c1ccc([N+](=O)[O-])c(C2COCCN2)c1[N+](=O)[O-]. The van der Waals surface area contributed by atoms with E-state index in [1.165, 1.54) is 0 Å². The number of ether oxygens (including phenoxy) is 1. The molecule has 2 N–H and O–H groups in total. The van der Waals surface area contributed by atoms with Gasteiger partial charge in [0.15, 0.2) is 0 Å². The van der Waals surface area contributed by atoms with Crippen molar-refractivity contribution in [3.63, 3.8) is 0 Å². The van der Waals surface area contributed by atoms with Gasteiger partial charge in [-0.2, -0.15) is 0 Å². The van der Waals surface area contributed by atoms with Crippen molar-refractivity contribution in [2.24, 2.45) is 0 Å². The Morgan fingerprint density at radius 2 is 2.05 bits per heavy atom. The zero-order chi connectivity index (χ0) is 15.6. The van der Waals surface area contributed by atoms with Gasteiger partial charge in [-0.1, -0.05) is 0 Å². The summed E-state index contributed by atoms with van der Waals surface area (Å²) >= 11 is 0. The van der Waals surface area contributed by atoms with E-state index < -0.39 is 38.8 Å². The summed E-state index contributed by atoms with van der Waals surface area (Å²) in [6, 6.07) is 1.02. The predicted octanol–water partition coefficient (Wildman–Crippen LogP) is 0.862. The van der Waals surface area contributed by atoms with Crippen LogP contribution in [0.4, 0.5) is 11.4 Å². The highest BCUT2D eigenvalue weighted by Gasteiger charge is 2.37. The minimum absolute atomic E-state index is 0.00917. The Morgan fingerprint density at radius 1 is 1.33 bits per heavy atom. The monoisotopic (exact) mass is 297 g/mol. The molecule has 1 heterocycles. The van der Waals surface area contributed by atoms with Crippen molar-refractivity contribution in [2.45, 2.75) is 6.04 Å². The molecule has 0 radical (unpaired) electrons. The molecule has 0 aliphatic carbocycles. The largest absolute Gasteiger partial charge is 0.477 e. The molecule has 1 aromatic carbocycles. The summed E-state index contributed by atoms with van der Waals surface area (Å²) in [7, 11) is 0. The van der Waals surface area contributed by atoms with Crippen LogP contribution in [0.3, 0.4) is 0 Å². The van der Waals surface area contributed by atoms with E-state index >= 15 is 0 Å². The maximum absolute atomic E-state index is 11.2. The van der Waals surface area contributed by atoms with Crippen molar-refractivity contribution in [3.05, 3.63) is 43.5 Å². The minimum atomic E-state index is -1.52. The first-order valence-electron chi connectivity index (χ1n) is 5.93. The van der Waals surface area contributed by atoms with Crippen LogP contribution in [-0.4, -0.2) is 40.7 Å². The quantitative estimate of drug-likeness (QED) is 0.614. The number of carboxylic acid groups (broad SMARTS) is 1. The molecule has 0 spiro atoms. The van der Waals surface area contributed by atoms with Gasteiger partial charge in [-0.25, -0.2) is 4.79 Å². The first-order valence-corrected chi connectivity index (χ1v) is 5.93. The normalized spacial score (nSPS) is 18.2. The average Bonchev–Trinajstić information content (AvgIpc) is 2.46. The van der Waals surface area contributed by atoms with Gasteiger partial charge >= 0.3 is 5.97 Å². The number of hydrogen-bond donors (Lipinski definition) is 2. The van der Waals surface area contributed by atoms with E-state index in [0.717, 1.165) is 12.1 Å². The first kappa shape index (κ1) is 14.8. The molecule has 1 aromatic rings. The Hall–Kier alpha value is -2.59. The summed E-state index contributed by atoms with van der Waals surface area (Å²) in [6.45, 7) is 0.720. The summed E-state index contributed by atoms with van der Waals surface area (Å²) in [6.07, 6.45) is 0. The second kappa shape index (κ2) is 5.81. The smallest absolute Gasteiger partial charge is 0.342 e. The molecule has 0 saturated carbocycles. The number of nitrogens with zero attached hydrogens (tertiary/aromatic N) is 2. The number of nitro benzene ring substituents is 2. The van der Waals surface area contributed by atoms with Crippen LogP contribution < -0.4 is 5.32 Å². The maximum Gasteiger partial charge on any atom is 0.342 e. The third-order valence-corrected chi connectivity index (χ3v) is 3.07. The number of nitrogens with one attached hydrogen (secondary N) is 1. The van der Waals surface area contributed by atoms with Gasteiger partial charge in [0.05, 0.1) is 29.1 Å². The Bertz CT molecular complexity index is 610. The van der Waals surface area contributed by atoms with Crippen molar-refractivity contribution in [1.82, 2.24) is 5.32 Å². The molecule has 10 heteroatoms. The molecular weight excluding hydrogens is 286 g/mol. The van der Waals surface area contributed by atoms with Crippen LogP contribution in [-0.2, 0) is 4.74 Å². The molecule has 10 nitrogen and oxygen atoms in total. The van der Waals surface area contributed by atoms with Crippen molar-refractivity contribution < 1.29 is 24.5 Å². The van der Waals surface area contributed by atoms with E-state index in [0.29, 0.717) is 13.2 Å². The predicted molar refractivity (Wildman–Crippen MR) is 68.3 cm³/mol. The zero-order valence-corrected chi connectivity index (χ0v) is 10.6. The fourth-order valence-corrected chi connectivity index (χ4v) is 2.22. The van der Waals surface area contributed by atoms with Gasteiger partial charge in [0.1, 0.15) is 11.1 Å². The molecule has 1 unspecified atom stereocenters. The fraction of sp³-hybridized carbons (Fsp3) is 0.364. The summed E-state index contributed by atoms with van der Waals surface area (Å²) in [5.74, 6) is -1.52. The maximum atomic E-state index is 11.2. The van der Waals surface area contributed by atoms with E-state index in [1.54, 1.807) is 0 Å². The lowest BCUT2D eigenvalue weighted by molar-refractivity contribution is -0.396. The third-order valence-electron chi connectivity index (χ3n) is 3.07. The molecule has 0 amide bonds. The highest BCUT2D eigenvalue weighted by molar-refractivity contribution is 5.94. The number of hydrogen-bond acceptors (Lipinski definition) is 7. The number of rotatable bonds is 4. The lowest BCUT2D eigenvalue weighted by atomic mass is 9.98. The number of carbonyl (C=O) groups is 1. The second-order valence-electron chi connectivity index (χ2n) is 4.30. The van der Waals surface area contributed by atoms with Crippen LogP contribution in [0.2, 0.25) is 0 Å². The Kier molecular flexibility index (Phi) is 4.10. The molecule has 1 saturated heterocycles. The van der Waals surface area contributed by atoms with Gasteiger partial charge in [-0.05, 0) is 6.07 Å². The van der Waals surface area contributed by atoms with Crippen molar-refractivity contribution in [3.8, 4) is 0 Å². The summed E-state index contributed by atoms with van der Waals surface area (Å²) in [5, 5.41) is 34.2.